The van der Waals surface area contributed by atoms with Crippen LogP contribution in [-0.2, 0) is 19.6 Å². The number of carboxylic acids is 1. The number of aliphatic carboxylic acids is 1. The van der Waals surface area contributed by atoms with Gasteiger partial charge in [-0.25, -0.2) is 18.4 Å². The number of hydrogen-bond donors (Lipinski definition) is 2. The number of amides is 1. The standard InChI is InChI=1S/C16H19ClN2O6S2/c1-9(14(20)19-6-2-3-12(19)15(21)22)8-26-16(23)10-4-5-11(17)13(7-10)27(18,24)25/h4-5,7,9,12H,2-3,6,8H2,1H3,(H,21,22)(H2,18,24,25)/t9-,12+/m1/s1. The first-order valence-electron chi connectivity index (χ1n) is 8.05. The lowest BCUT2D eigenvalue weighted by atomic mass is 10.1. The maximum Gasteiger partial charge on any atom is 0.326 e. The van der Waals surface area contributed by atoms with E-state index in [4.69, 9.17) is 16.7 Å². The molecular formula is C16H19ClN2O6S2. The van der Waals surface area contributed by atoms with Gasteiger partial charge in [0.2, 0.25) is 21.0 Å². The zero-order valence-electron chi connectivity index (χ0n) is 14.4. The molecule has 0 spiro atoms. The summed E-state index contributed by atoms with van der Waals surface area (Å²) < 4.78 is 23.0. The van der Waals surface area contributed by atoms with Crippen LogP contribution < -0.4 is 5.14 Å². The Morgan fingerprint density at radius 1 is 1.41 bits per heavy atom. The van der Waals surface area contributed by atoms with Gasteiger partial charge in [0, 0.05) is 23.8 Å². The molecule has 27 heavy (non-hydrogen) atoms. The summed E-state index contributed by atoms with van der Waals surface area (Å²) in [6.45, 7) is 2.01. The number of rotatable bonds is 6. The monoisotopic (exact) mass is 434 g/mol. The Labute approximate surface area is 166 Å². The second kappa shape index (κ2) is 8.59. The van der Waals surface area contributed by atoms with E-state index >= 15 is 0 Å². The molecule has 0 bridgehead atoms. The van der Waals surface area contributed by atoms with Crippen LogP contribution in [0.25, 0.3) is 0 Å². The number of primary sulfonamides is 1. The van der Waals surface area contributed by atoms with Crippen LogP contribution in [0.3, 0.4) is 0 Å². The zero-order chi connectivity index (χ0) is 20.4. The molecule has 1 amide bonds. The highest BCUT2D eigenvalue weighted by Crippen LogP contribution is 2.26. The lowest BCUT2D eigenvalue weighted by molar-refractivity contribution is -0.149. The summed E-state index contributed by atoms with van der Waals surface area (Å²) in [5.41, 5.74) is 0.0951. The Bertz CT molecular complexity index is 874. The van der Waals surface area contributed by atoms with Crippen molar-refractivity contribution in [2.24, 2.45) is 11.1 Å². The summed E-state index contributed by atoms with van der Waals surface area (Å²) in [7, 11) is -4.07. The van der Waals surface area contributed by atoms with Crippen molar-refractivity contribution in [2.75, 3.05) is 12.3 Å². The molecule has 0 saturated carbocycles. The Morgan fingerprint density at radius 2 is 2.07 bits per heavy atom. The van der Waals surface area contributed by atoms with Crippen molar-refractivity contribution >= 4 is 50.4 Å². The Hall–Kier alpha value is -1.62. The van der Waals surface area contributed by atoms with E-state index in [1.54, 1.807) is 6.92 Å². The highest BCUT2D eigenvalue weighted by Gasteiger charge is 2.35. The molecule has 1 heterocycles. The van der Waals surface area contributed by atoms with Crippen molar-refractivity contribution in [1.29, 1.82) is 0 Å². The van der Waals surface area contributed by atoms with Crippen LogP contribution in [0.1, 0.15) is 30.1 Å². The number of carbonyl (C=O) groups is 3. The number of likely N-dealkylation sites (tertiary alicyclic amines) is 1. The van der Waals surface area contributed by atoms with Crippen LogP contribution >= 0.6 is 23.4 Å². The molecule has 0 aliphatic carbocycles. The molecule has 0 aromatic heterocycles. The van der Waals surface area contributed by atoms with Crippen LogP contribution in [0.5, 0.6) is 0 Å². The molecule has 0 radical (unpaired) electrons. The molecule has 1 aliphatic rings. The van der Waals surface area contributed by atoms with Gasteiger partial charge >= 0.3 is 5.97 Å². The fourth-order valence-corrected chi connectivity index (χ4v) is 4.68. The topological polar surface area (TPSA) is 135 Å². The predicted octanol–water partition coefficient (Wildman–Crippen LogP) is 1.57. The van der Waals surface area contributed by atoms with E-state index in [2.05, 4.69) is 0 Å². The number of nitrogens with two attached hydrogens (primary N) is 1. The minimum Gasteiger partial charge on any atom is -0.480 e. The first-order valence-corrected chi connectivity index (χ1v) is 11.0. The number of nitrogens with zero attached hydrogens (tertiary/aromatic N) is 1. The minimum absolute atomic E-state index is 0.0867. The number of hydrogen-bond acceptors (Lipinski definition) is 6. The molecule has 11 heteroatoms. The van der Waals surface area contributed by atoms with E-state index in [0.29, 0.717) is 19.4 Å². The summed E-state index contributed by atoms with van der Waals surface area (Å²) in [5, 5.41) is 13.7. The largest absolute Gasteiger partial charge is 0.480 e. The summed E-state index contributed by atoms with van der Waals surface area (Å²) in [4.78, 5) is 37.0. The quantitative estimate of drug-likeness (QED) is 0.693. The predicted molar refractivity (Wildman–Crippen MR) is 101 cm³/mol. The molecule has 2 rings (SSSR count). The van der Waals surface area contributed by atoms with Gasteiger partial charge in [0.25, 0.3) is 0 Å². The van der Waals surface area contributed by atoms with Gasteiger partial charge in [-0.1, -0.05) is 30.3 Å². The number of carboxylic acid groups (broad SMARTS) is 1. The van der Waals surface area contributed by atoms with Gasteiger partial charge in [0.15, 0.2) is 0 Å². The van der Waals surface area contributed by atoms with E-state index in [-0.39, 0.29) is 27.1 Å². The highest BCUT2D eigenvalue weighted by atomic mass is 35.5. The van der Waals surface area contributed by atoms with Gasteiger partial charge in [-0.3, -0.25) is 9.59 Å². The SMILES string of the molecule is C[C@H](CSC(=O)c1ccc(Cl)c(S(N)(=O)=O)c1)C(=O)N1CCC[C@H]1C(=O)O. The fraction of sp³-hybridized carbons (Fsp3) is 0.438. The summed E-state index contributed by atoms with van der Waals surface area (Å²) in [5.74, 6) is -1.78. The molecule has 1 aliphatic heterocycles. The Morgan fingerprint density at radius 3 is 2.67 bits per heavy atom. The van der Waals surface area contributed by atoms with Crippen molar-refractivity contribution < 1.29 is 27.9 Å². The van der Waals surface area contributed by atoms with Gasteiger partial charge in [0.05, 0.1) is 5.02 Å². The molecule has 1 saturated heterocycles. The van der Waals surface area contributed by atoms with Crippen LogP contribution in [0.2, 0.25) is 5.02 Å². The molecule has 148 valence electrons. The molecule has 8 nitrogen and oxygen atoms in total. The lowest BCUT2D eigenvalue weighted by Gasteiger charge is -2.24. The maximum atomic E-state index is 12.5. The van der Waals surface area contributed by atoms with E-state index < -0.39 is 33.1 Å². The van der Waals surface area contributed by atoms with Gasteiger partial charge in [-0.05, 0) is 31.0 Å². The first-order chi connectivity index (χ1) is 12.5. The minimum atomic E-state index is -4.07. The molecule has 3 N–H and O–H groups in total. The van der Waals surface area contributed by atoms with E-state index in [1.165, 1.54) is 17.0 Å². The third kappa shape index (κ3) is 5.22. The summed E-state index contributed by atoms with van der Waals surface area (Å²) in [6.07, 6.45) is 1.05. The number of sulfonamides is 1. The molecule has 1 fully saturated rings. The van der Waals surface area contributed by atoms with Gasteiger partial charge in [-0.15, -0.1) is 0 Å². The number of thioether (sulfide) groups is 1. The normalized spacial score (nSPS) is 18.3. The van der Waals surface area contributed by atoms with Crippen molar-refractivity contribution in [3.63, 3.8) is 0 Å². The first kappa shape index (κ1) is 21.7. The van der Waals surface area contributed by atoms with Crippen LogP contribution in [0.15, 0.2) is 23.1 Å². The van der Waals surface area contributed by atoms with Crippen molar-refractivity contribution in [2.45, 2.75) is 30.7 Å². The van der Waals surface area contributed by atoms with E-state index in [9.17, 15) is 27.9 Å². The number of carbonyl (C=O) groups excluding carboxylic acids is 2. The summed E-state index contributed by atoms with van der Waals surface area (Å²) >= 11 is 6.64. The fourth-order valence-electron chi connectivity index (χ4n) is 2.77. The van der Waals surface area contributed by atoms with Gasteiger partial charge in [-0.2, -0.15) is 0 Å². The molecule has 0 unspecified atom stereocenters. The molecule has 2 atom stereocenters. The maximum absolute atomic E-state index is 12.5. The Balaban J connectivity index is 2.03. The van der Waals surface area contributed by atoms with Crippen molar-refractivity contribution in [3.05, 3.63) is 28.8 Å². The van der Waals surface area contributed by atoms with Crippen molar-refractivity contribution in [3.8, 4) is 0 Å². The lowest BCUT2D eigenvalue weighted by Crippen LogP contribution is -2.43. The average molecular weight is 435 g/mol. The molecule has 1 aromatic rings. The highest BCUT2D eigenvalue weighted by molar-refractivity contribution is 8.14. The smallest absolute Gasteiger partial charge is 0.326 e. The van der Waals surface area contributed by atoms with Crippen LogP contribution in [0, 0.1) is 5.92 Å². The summed E-state index contributed by atoms with van der Waals surface area (Å²) in [6, 6.07) is 2.92. The third-order valence-corrected chi connectivity index (χ3v) is 6.74. The van der Waals surface area contributed by atoms with Gasteiger partial charge in [0.1, 0.15) is 10.9 Å². The second-order valence-corrected chi connectivity index (χ2v) is 9.15. The second-order valence-electron chi connectivity index (χ2n) is 6.22. The number of halogens is 1. The van der Waals surface area contributed by atoms with Gasteiger partial charge < -0.3 is 10.0 Å². The van der Waals surface area contributed by atoms with Crippen molar-refractivity contribution in [1.82, 2.24) is 4.90 Å². The van der Waals surface area contributed by atoms with E-state index in [0.717, 1.165) is 17.8 Å². The zero-order valence-corrected chi connectivity index (χ0v) is 16.8. The molecular weight excluding hydrogens is 416 g/mol. The third-order valence-electron chi connectivity index (χ3n) is 4.18. The van der Waals surface area contributed by atoms with Crippen LogP contribution in [-0.4, -0.2) is 53.8 Å². The molecule has 1 aromatic carbocycles. The van der Waals surface area contributed by atoms with E-state index in [1.807, 2.05) is 0 Å². The van der Waals surface area contributed by atoms with Crippen LogP contribution in [0.4, 0.5) is 0 Å². The Kier molecular flexibility index (Phi) is 6.90. The number of benzene rings is 1. The average Bonchev–Trinajstić information content (AvgIpc) is 3.08.